The van der Waals surface area contributed by atoms with Crippen molar-refractivity contribution in [3.63, 3.8) is 0 Å². The van der Waals surface area contributed by atoms with Gasteiger partial charge in [-0.2, -0.15) is 0 Å². The molecular formula is C11H22N2S2. The first-order chi connectivity index (χ1) is 7.13. The first-order valence-corrected chi connectivity index (χ1v) is 5.89. The molecule has 0 atom stereocenters. The SMILES string of the molecule is C=CCN(CC)C(=S)S.C=CCNCC. The number of rotatable bonds is 6. The maximum Gasteiger partial charge on any atom is 0.133 e. The molecule has 0 aromatic rings. The van der Waals surface area contributed by atoms with Crippen LogP contribution in [0.3, 0.4) is 0 Å². The highest BCUT2D eigenvalue weighted by Gasteiger charge is 1.97. The normalized spacial score (nSPS) is 8.47. The Kier molecular flexibility index (Phi) is 15.6. The number of hydrogen-bond acceptors (Lipinski definition) is 2. The zero-order valence-corrected chi connectivity index (χ0v) is 11.4. The molecule has 0 radical (unpaired) electrons. The lowest BCUT2D eigenvalue weighted by atomic mass is 10.5. The minimum atomic E-state index is 0.636. The van der Waals surface area contributed by atoms with Crippen molar-refractivity contribution in [2.24, 2.45) is 0 Å². The van der Waals surface area contributed by atoms with Gasteiger partial charge in [0.2, 0.25) is 0 Å². The van der Waals surface area contributed by atoms with Crippen LogP contribution in [0.15, 0.2) is 25.3 Å². The Morgan fingerprint density at radius 1 is 1.40 bits per heavy atom. The van der Waals surface area contributed by atoms with Crippen LogP contribution in [0.5, 0.6) is 0 Å². The predicted molar refractivity (Wildman–Crippen MR) is 77.8 cm³/mol. The van der Waals surface area contributed by atoms with Crippen LogP contribution in [-0.2, 0) is 0 Å². The average Bonchev–Trinajstić information content (AvgIpc) is 2.23. The molecule has 15 heavy (non-hydrogen) atoms. The Morgan fingerprint density at radius 3 is 2.13 bits per heavy atom. The lowest BCUT2D eigenvalue weighted by molar-refractivity contribution is 0.507. The zero-order valence-electron chi connectivity index (χ0n) is 9.70. The summed E-state index contributed by atoms with van der Waals surface area (Å²) in [6, 6.07) is 0. The fourth-order valence-electron chi connectivity index (χ4n) is 0.745. The van der Waals surface area contributed by atoms with Gasteiger partial charge in [-0.1, -0.05) is 31.3 Å². The summed E-state index contributed by atoms with van der Waals surface area (Å²) in [6.07, 6.45) is 3.66. The van der Waals surface area contributed by atoms with Crippen molar-refractivity contribution >= 4 is 29.2 Å². The minimum absolute atomic E-state index is 0.636. The Labute approximate surface area is 105 Å². The molecule has 0 aromatic heterocycles. The third-order valence-electron chi connectivity index (χ3n) is 1.54. The largest absolute Gasteiger partial charge is 0.354 e. The van der Waals surface area contributed by atoms with Crippen LogP contribution in [0.2, 0.25) is 0 Å². The maximum absolute atomic E-state index is 4.82. The molecule has 0 saturated heterocycles. The number of nitrogens with zero attached hydrogens (tertiary/aromatic N) is 1. The standard InChI is InChI=1S/C6H11NS2.C5H11N/c1-3-5-7(4-2)6(8)9;1-3-5-6-4-2/h3H,1,4-5H2,2H3,(H,8,9);3,6H,1,4-5H2,2H3. The summed E-state index contributed by atoms with van der Waals surface area (Å²) in [6.45, 7) is 14.9. The van der Waals surface area contributed by atoms with E-state index in [1.165, 1.54) is 0 Å². The average molecular weight is 246 g/mol. The van der Waals surface area contributed by atoms with Crippen LogP contribution < -0.4 is 5.32 Å². The van der Waals surface area contributed by atoms with E-state index in [0.29, 0.717) is 4.32 Å². The van der Waals surface area contributed by atoms with Crippen molar-refractivity contribution in [3.05, 3.63) is 25.3 Å². The smallest absolute Gasteiger partial charge is 0.133 e. The summed E-state index contributed by atoms with van der Waals surface area (Å²) in [5.74, 6) is 0. The first kappa shape index (κ1) is 17.1. The zero-order chi connectivity index (χ0) is 12.1. The van der Waals surface area contributed by atoms with Crippen molar-refractivity contribution in [1.82, 2.24) is 10.2 Å². The van der Waals surface area contributed by atoms with E-state index in [1.807, 2.05) is 24.0 Å². The Bertz CT molecular complexity index is 181. The maximum atomic E-state index is 4.82. The van der Waals surface area contributed by atoms with Crippen molar-refractivity contribution in [1.29, 1.82) is 0 Å². The molecule has 88 valence electrons. The van der Waals surface area contributed by atoms with Gasteiger partial charge in [0.15, 0.2) is 0 Å². The summed E-state index contributed by atoms with van der Waals surface area (Å²) in [7, 11) is 0. The van der Waals surface area contributed by atoms with Crippen molar-refractivity contribution in [2.75, 3.05) is 26.2 Å². The van der Waals surface area contributed by atoms with Gasteiger partial charge in [0, 0.05) is 19.6 Å². The highest BCUT2D eigenvalue weighted by atomic mass is 32.1. The second-order valence-electron chi connectivity index (χ2n) is 2.71. The quantitative estimate of drug-likeness (QED) is 0.324. The fourth-order valence-corrected chi connectivity index (χ4v) is 1.17. The van der Waals surface area contributed by atoms with E-state index in [-0.39, 0.29) is 0 Å². The third-order valence-corrected chi connectivity index (χ3v) is 2.08. The van der Waals surface area contributed by atoms with Gasteiger partial charge in [-0.3, -0.25) is 0 Å². The van der Waals surface area contributed by atoms with Gasteiger partial charge in [0.25, 0.3) is 0 Å². The number of thiocarbonyl (C=S) groups is 1. The monoisotopic (exact) mass is 246 g/mol. The van der Waals surface area contributed by atoms with Gasteiger partial charge in [-0.15, -0.1) is 25.8 Å². The summed E-state index contributed by atoms with van der Waals surface area (Å²) in [4.78, 5) is 1.95. The second-order valence-corrected chi connectivity index (χ2v) is 3.82. The highest BCUT2D eigenvalue weighted by Crippen LogP contribution is 1.94. The summed E-state index contributed by atoms with van der Waals surface area (Å²) in [5, 5.41) is 3.08. The van der Waals surface area contributed by atoms with Gasteiger partial charge in [0.05, 0.1) is 0 Å². The number of hydrogen-bond donors (Lipinski definition) is 2. The van der Waals surface area contributed by atoms with Crippen LogP contribution in [-0.4, -0.2) is 35.4 Å². The topological polar surface area (TPSA) is 15.3 Å². The molecule has 0 saturated carbocycles. The molecule has 0 heterocycles. The number of likely N-dealkylation sites (N-methyl/N-ethyl adjacent to an activating group) is 2. The molecular weight excluding hydrogens is 224 g/mol. The van der Waals surface area contributed by atoms with E-state index in [0.717, 1.165) is 26.2 Å². The lowest BCUT2D eigenvalue weighted by Crippen LogP contribution is -2.25. The van der Waals surface area contributed by atoms with Crippen molar-refractivity contribution in [3.8, 4) is 0 Å². The van der Waals surface area contributed by atoms with Crippen LogP contribution in [0.25, 0.3) is 0 Å². The first-order valence-electron chi connectivity index (χ1n) is 5.04. The molecule has 0 aliphatic heterocycles. The van der Waals surface area contributed by atoms with E-state index < -0.39 is 0 Å². The molecule has 4 heteroatoms. The molecule has 2 nitrogen and oxygen atoms in total. The van der Waals surface area contributed by atoms with E-state index in [4.69, 9.17) is 12.2 Å². The molecule has 1 N–H and O–H groups in total. The summed E-state index contributed by atoms with van der Waals surface area (Å²) < 4.78 is 0.636. The molecule has 0 amide bonds. The van der Waals surface area contributed by atoms with E-state index in [2.05, 4.69) is 38.0 Å². The van der Waals surface area contributed by atoms with Crippen LogP contribution >= 0.6 is 24.8 Å². The number of thiol groups is 1. The number of nitrogens with one attached hydrogen (secondary N) is 1. The van der Waals surface area contributed by atoms with E-state index >= 15 is 0 Å². The van der Waals surface area contributed by atoms with E-state index in [9.17, 15) is 0 Å². The molecule has 0 unspecified atom stereocenters. The molecule has 0 aliphatic carbocycles. The van der Waals surface area contributed by atoms with Crippen LogP contribution in [0.1, 0.15) is 13.8 Å². The third kappa shape index (κ3) is 13.7. The molecule has 0 spiro atoms. The molecule has 0 aromatic carbocycles. The van der Waals surface area contributed by atoms with Gasteiger partial charge < -0.3 is 10.2 Å². The van der Waals surface area contributed by atoms with Gasteiger partial charge in [-0.25, -0.2) is 0 Å². The summed E-state index contributed by atoms with van der Waals surface area (Å²) >= 11 is 8.84. The predicted octanol–water partition coefficient (Wildman–Crippen LogP) is 2.49. The van der Waals surface area contributed by atoms with Crippen molar-refractivity contribution in [2.45, 2.75) is 13.8 Å². The van der Waals surface area contributed by atoms with Crippen LogP contribution in [0.4, 0.5) is 0 Å². The molecule has 0 rings (SSSR count). The van der Waals surface area contributed by atoms with Gasteiger partial charge in [-0.05, 0) is 13.5 Å². The van der Waals surface area contributed by atoms with Gasteiger partial charge >= 0.3 is 0 Å². The highest BCUT2D eigenvalue weighted by molar-refractivity contribution is 8.10. The second kappa shape index (κ2) is 13.7. The lowest BCUT2D eigenvalue weighted by Gasteiger charge is -2.17. The fraction of sp³-hybridized carbons (Fsp3) is 0.545. The Morgan fingerprint density at radius 2 is 2.00 bits per heavy atom. The van der Waals surface area contributed by atoms with Crippen molar-refractivity contribution < 1.29 is 0 Å². The van der Waals surface area contributed by atoms with Crippen LogP contribution in [0, 0.1) is 0 Å². The summed E-state index contributed by atoms with van der Waals surface area (Å²) in [5.41, 5.74) is 0. The minimum Gasteiger partial charge on any atom is -0.354 e. The van der Waals surface area contributed by atoms with Gasteiger partial charge in [0.1, 0.15) is 4.32 Å². The molecule has 0 aliphatic rings. The van der Waals surface area contributed by atoms with E-state index in [1.54, 1.807) is 0 Å². The molecule has 0 fully saturated rings. The Hall–Kier alpha value is -0.320. The molecule has 0 bridgehead atoms. The Balaban J connectivity index is 0.